The first-order chi connectivity index (χ1) is 11.8. The van der Waals surface area contributed by atoms with E-state index in [0.29, 0.717) is 26.3 Å². The highest BCUT2D eigenvalue weighted by molar-refractivity contribution is 6.42. The first-order valence-electron chi connectivity index (χ1n) is 6.94. The van der Waals surface area contributed by atoms with Crippen molar-refractivity contribution in [1.29, 1.82) is 0 Å². The Kier molecular flexibility index (Phi) is 5.20. The molecule has 0 aliphatic heterocycles. The molecule has 0 spiro atoms. The van der Waals surface area contributed by atoms with Crippen LogP contribution >= 0.6 is 46.4 Å². The molecule has 25 heavy (non-hydrogen) atoms. The van der Waals surface area contributed by atoms with Crippen molar-refractivity contribution >= 4 is 68.9 Å². The summed E-state index contributed by atoms with van der Waals surface area (Å²) in [5, 5.41) is 4.15. The highest BCUT2D eigenvalue weighted by Gasteiger charge is 2.12. The molecule has 1 heterocycles. The lowest BCUT2D eigenvalue weighted by atomic mass is 10.2. The van der Waals surface area contributed by atoms with E-state index in [1.807, 2.05) is 0 Å². The molecule has 128 valence electrons. The average molecular weight is 417 g/mol. The van der Waals surface area contributed by atoms with Crippen LogP contribution in [0.5, 0.6) is 0 Å². The van der Waals surface area contributed by atoms with Gasteiger partial charge < -0.3 is 5.32 Å². The van der Waals surface area contributed by atoms with Crippen LogP contribution < -0.4 is 10.9 Å². The van der Waals surface area contributed by atoms with Crippen molar-refractivity contribution in [2.24, 2.45) is 0 Å². The summed E-state index contributed by atoms with van der Waals surface area (Å²) in [5.41, 5.74) is 0.378. The van der Waals surface area contributed by atoms with Crippen LogP contribution in [-0.4, -0.2) is 15.5 Å². The van der Waals surface area contributed by atoms with Crippen molar-refractivity contribution in [2.75, 3.05) is 5.32 Å². The molecule has 0 saturated carbocycles. The third-order valence-electron chi connectivity index (χ3n) is 3.36. The average Bonchev–Trinajstić information content (AvgIpc) is 2.54. The van der Waals surface area contributed by atoms with Crippen LogP contribution in [0.15, 0.2) is 41.5 Å². The predicted octanol–water partition coefficient (Wildman–Crippen LogP) is 4.65. The first-order valence-corrected chi connectivity index (χ1v) is 8.45. The van der Waals surface area contributed by atoms with Crippen molar-refractivity contribution in [3.63, 3.8) is 0 Å². The van der Waals surface area contributed by atoms with Gasteiger partial charge in [0.2, 0.25) is 5.91 Å². The molecule has 0 unspecified atom stereocenters. The number of nitrogens with one attached hydrogen (secondary N) is 1. The van der Waals surface area contributed by atoms with Gasteiger partial charge in [-0.2, -0.15) is 0 Å². The summed E-state index contributed by atoms with van der Waals surface area (Å²) in [6, 6.07) is 7.65. The van der Waals surface area contributed by atoms with Crippen LogP contribution in [0, 0.1) is 0 Å². The number of nitrogens with zero attached hydrogens (tertiary/aromatic N) is 2. The summed E-state index contributed by atoms with van der Waals surface area (Å²) in [7, 11) is 0. The number of hydrogen-bond acceptors (Lipinski definition) is 3. The Hall–Kier alpha value is -1.79. The molecule has 1 N–H and O–H groups in total. The fourth-order valence-corrected chi connectivity index (χ4v) is 3.08. The Morgan fingerprint density at radius 1 is 1.04 bits per heavy atom. The Balaban J connectivity index is 1.87. The van der Waals surface area contributed by atoms with E-state index in [-0.39, 0.29) is 17.0 Å². The number of carbonyl (C=O) groups excluding carboxylic acids is 1. The number of amides is 1. The number of rotatable bonds is 3. The molecular weight excluding hydrogens is 408 g/mol. The maximum absolute atomic E-state index is 12.5. The van der Waals surface area contributed by atoms with Gasteiger partial charge in [-0.15, -0.1) is 0 Å². The monoisotopic (exact) mass is 415 g/mol. The minimum absolute atomic E-state index is 0.230. The van der Waals surface area contributed by atoms with E-state index >= 15 is 0 Å². The molecule has 1 aromatic heterocycles. The standard InChI is InChI=1S/C16H9Cl4N3O2/c17-8-3-10-15(13(20)4-8)21-7-23(16(10)25)6-14(24)22-9-1-2-11(18)12(19)5-9/h1-5,7H,6H2,(H,22,24). The Bertz CT molecular complexity index is 1050. The zero-order chi connectivity index (χ0) is 18.1. The van der Waals surface area contributed by atoms with E-state index in [0.717, 1.165) is 0 Å². The summed E-state index contributed by atoms with van der Waals surface area (Å²) in [4.78, 5) is 28.8. The lowest BCUT2D eigenvalue weighted by Gasteiger charge is -2.09. The minimum Gasteiger partial charge on any atom is -0.324 e. The SMILES string of the molecule is O=C(Cn1cnc2c(Cl)cc(Cl)cc2c1=O)Nc1ccc(Cl)c(Cl)c1. The van der Waals surface area contributed by atoms with Gasteiger partial charge in [-0.05, 0) is 30.3 Å². The number of hydrogen-bond donors (Lipinski definition) is 1. The second-order valence-electron chi connectivity index (χ2n) is 5.14. The lowest BCUT2D eigenvalue weighted by Crippen LogP contribution is -2.28. The number of anilines is 1. The van der Waals surface area contributed by atoms with Crippen LogP contribution in [0.2, 0.25) is 20.1 Å². The normalized spacial score (nSPS) is 10.9. The number of aromatic nitrogens is 2. The number of halogens is 4. The lowest BCUT2D eigenvalue weighted by molar-refractivity contribution is -0.116. The summed E-state index contributed by atoms with van der Waals surface area (Å²) < 4.78 is 1.17. The van der Waals surface area contributed by atoms with Crippen molar-refractivity contribution in [3.8, 4) is 0 Å². The fraction of sp³-hybridized carbons (Fsp3) is 0.0625. The summed E-state index contributed by atoms with van der Waals surface area (Å²) in [5.74, 6) is -0.422. The topological polar surface area (TPSA) is 64.0 Å². The summed E-state index contributed by atoms with van der Waals surface area (Å²) in [6.45, 7) is -0.230. The van der Waals surface area contributed by atoms with Gasteiger partial charge in [0.05, 0.1) is 32.3 Å². The van der Waals surface area contributed by atoms with E-state index in [4.69, 9.17) is 46.4 Å². The van der Waals surface area contributed by atoms with Gasteiger partial charge in [0.1, 0.15) is 6.54 Å². The predicted molar refractivity (Wildman–Crippen MR) is 101 cm³/mol. The smallest absolute Gasteiger partial charge is 0.261 e. The molecule has 0 radical (unpaired) electrons. The van der Waals surface area contributed by atoms with Gasteiger partial charge in [-0.3, -0.25) is 14.2 Å². The molecule has 1 amide bonds. The molecular formula is C16H9Cl4N3O2. The van der Waals surface area contributed by atoms with Crippen LogP contribution in [0.4, 0.5) is 5.69 Å². The molecule has 0 fully saturated rings. The van der Waals surface area contributed by atoms with Gasteiger partial charge in [-0.25, -0.2) is 4.98 Å². The van der Waals surface area contributed by atoms with Crippen molar-refractivity contribution in [1.82, 2.24) is 9.55 Å². The van der Waals surface area contributed by atoms with E-state index in [1.54, 1.807) is 12.1 Å². The molecule has 2 aromatic carbocycles. The zero-order valence-electron chi connectivity index (χ0n) is 12.4. The van der Waals surface area contributed by atoms with Crippen molar-refractivity contribution < 1.29 is 4.79 Å². The van der Waals surface area contributed by atoms with Crippen molar-refractivity contribution in [3.05, 3.63) is 67.1 Å². The van der Waals surface area contributed by atoms with Gasteiger partial charge in [-0.1, -0.05) is 46.4 Å². The number of fused-ring (bicyclic) bond motifs is 1. The molecule has 0 atom stereocenters. The quantitative estimate of drug-likeness (QED) is 0.675. The van der Waals surface area contributed by atoms with Gasteiger partial charge in [0.25, 0.3) is 5.56 Å². The number of carbonyl (C=O) groups is 1. The minimum atomic E-state index is -0.422. The highest BCUT2D eigenvalue weighted by Crippen LogP contribution is 2.25. The zero-order valence-corrected chi connectivity index (χ0v) is 15.4. The van der Waals surface area contributed by atoms with Crippen LogP contribution in [0.1, 0.15) is 0 Å². The molecule has 0 bridgehead atoms. The van der Waals surface area contributed by atoms with Crippen LogP contribution in [-0.2, 0) is 11.3 Å². The maximum Gasteiger partial charge on any atom is 0.261 e. The van der Waals surface area contributed by atoms with Gasteiger partial charge in [0.15, 0.2) is 0 Å². The third-order valence-corrected chi connectivity index (χ3v) is 4.61. The first kappa shape index (κ1) is 18.0. The second-order valence-corrected chi connectivity index (χ2v) is 6.80. The Labute approximate surface area is 162 Å². The van der Waals surface area contributed by atoms with E-state index in [1.165, 1.54) is 29.1 Å². The van der Waals surface area contributed by atoms with E-state index in [9.17, 15) is 9.59 Å². The van der Waals surface area contributed by atoms with E-state index < -0.39 is 11.5 Å². The van der Waals surface area contributed by atoms with Crippen LogP contribution in [0.3, 0.4) is 0 Å². The molecule has 0 aliphatic carbocycles. The maximum atomic E-state index is 12.5. The summed E-state index contributed by atoms with van der Waals surface area (Å²) >= 11 is 23.7. The largest absolute Gasteiger partial charge is 0.324 e. The molecule has 3 rings (SSSR count). The second kappa shape index (κ2) is 7.22. The highest BCUT2D eigenvalue weighted by atomic mass is 35.5. The van der Waals surface area contributed by atoms with Gasteiger partial charge in [0, 0.05) is 10.7 Å². The molecule has 9 heteroatoms. The van der Waals surface area contributed by atoms with Crippen molar-refractivity contribution in [2.45, 2.75) is 6.54 Å². The number of benzene rings is 2. The molecule has 3 aromatic rings. The Morgan fingerprint density at radius 2 is 1.80 bits per heavy atom. The van der Waals surface area contributed by atoms with Gasteiger partial charge >= 0.3 is 0 Å². The molecule has 0 saturated heterocycles. The molecule has 5 nitrogen and oxygen atoms in total. The van der Waals surface area contributed by atoms with E-state index in [2.05, 4.69) is 10.3 Å². The summed E-state index contributed by atoms with van der Waals surface area (Å²) in [6.07, 6.45) is 1.26. The Morgan fingerprint density at radius 3 is 2.52 bits per heavy atom. The third kappa shape index (κ3) is 3.90. The van der Waals surface area contributed by atoms with Crippen LogP contribution in [0.25, 0.3) is 10.9 Å². The fourth-order valence-electron chi connectivity index (χ4n) is 2.24. The molecule has 0 aliphatic rings.